The van der Waals surface area contributed by atoms with Crippen LogP contribution >= 0.6 is 0 Å². The highest BCUT2D eigenvalue weighted by Crippen LogP contribution is 2.23. The smallest absolute Gasteiger partial charge is 0.341 e. The number of aryl methyl sites for hydroxylation is 2. The van der Waals surface area contributed by atoms with Crippen LogP contribution in [0.2, 0.25) is 0 Å². The second-order valence-electron chi connectivity index (χ2n) is 4.07. The standard InChI is InChI=1S/C11H12N2O2/c14-11-6-10(13-15-11)9-5-7-3-1-2-4-8(7)12-9/h5,12H,1-4,6H2. The summed E-state index contributed by atoms with van der Waals surface area (Å²) in [6, 6.07) is 2.11. The van der Waals surface area contributed by atoms with E-state index in [2.05, 4.69) is 21.0 Å². The van der Waals surface area contributed by atoms with Gasteiger partial charge in [-0.3, -0.25) is 0 Å². The number of fused-ring (bicyclic) bond motifs is 1. The van der Waals surface area contributed by atoms with Gasteiger partial charge in [0.15, 0.2) is 0 Å². The number of nitrogens with zero attached hydrogens (tertiary/aromatic N) is 1. The van der Waals surface area contributed by atoms with Crippen molar-refractivity contribution >= 4 is 11.7 Å². The average molecular weight is 204 g/mol. The van der Waals surface area contributed by atoms with E-state index < -0.39 is 0 Å². The van der Waals surface area contributed by atoms with E-state index in [0.717, 1.165) is 24.2 Å². The minimum Gasteiger partial charge on any atom is -0.357 e. The van der Waals surface area contributed by atoms with Gasteiger partial charge in [0, 0.05) is 5.69 Å². The van der Waals surface area contributed by atoms with Crippen molar-refractivity contribution in [3.63, 3.8) is 0 Å². The number of oxime groups is 1. The third-order valence-corrected chi connectivity index (χ3v) is 2.99. The fraction of sp³-hybridized carbons (Fsp3) is 0.455. The summed E-state index contributed by atoms with van der Waals surface area (Å²) in [7, 11) is 0. The average Bonchev–Trinajstić information content (AvgIpc) is 2.82. The number of H-pyrrole nitrogens is 1. The molecule has 1 aliphatic carbocycles. The lowest BCUT2D eigenvalue weighted by Gasteiger charge is -2.08. The summed E-state index contributed by atoms with van der Waals surface area (Å²) >= 11 is 0. The molecule has 0 radical (unpaired) electrons. The number of rotatable bonds is 1. The Morgan fingerprint density at radius 1 is 1.33 bits per heavy atom. The molecule has 0 amide bonds. The van der Waals surface area contributed by atoms with Crippen molar-refractivity contribution in [2.45, 2.75) is 32.1 Å². The van der Waals surface area contributed by atoms with Crippen LogP contribution in [0.1, 0.15) is 36.2 Å². The second kappa shape index (κ2) is 3.22. The highest BCUT2D eigenvalue weighted by Gasteiger charge is 2.22. The van der Waals surface area contributed by atoms with Gasteiger partial charge in [-0.25, -0.2) is 4.79 Å². The van der Waals surface area contributed by atoms with Crippen LogP contribution in [0.25, 0.3) is 0 Å². The molecular formula is C11H12N2O2. The number of hydrogen-bond acceptors (Lipinski definition) is 3. The molecule has 0 saturated carbocycles. The van der Waals surface area contributed by atoms with Gasteiger partial charge in [-0.15, -0.1) is 0 Å². The lowest BCUT2D eigenvalue weighted by molar-refractivity contribution is -0.140. The van der Waals surface area contributed by atoms with Crippen LogP contribution < -0.4 is 0 Å². The fourth-order valence-corrected chi connectivity index (χ4v) is 2.21. The Labute approximate surface area is 87.3 Å². The highest BCUT2D eigenvalue weighted by molar-refractivity contribution is 6.10. The van der Waals surface area contributed by atoms with Gasteiger partial charge in [0.05, 0.1) is 12.1 Å². The van der Waals surface area contributed by atoms with Gasteiger partial charge in [0.25, 0.3) is 0 Å². The van der Waals surface area contributed by atoms with Gasteiger partial charge in [-0.2, -0.15) is 0 Å². The summed E-state index contributed by atoms with van der Waals surface area (Å²) in [5.41, 5.74) is 4.36. The Hall–Kier alpha value is -1.58. The maximum atomic E-state index is 10.9. The Kier molecular flexibility index (Phi) is 1.87. The van der Waals surface area contributed by atoms with Gasteiger partial charge >= 0.3 is 5.97 Å². The van der Waals surface area contributed by atoms with E-state index in [-0.39, 0.29) is 5.97 Å². The SMILES string of the molecule is O=C1CC(c2cc3c([nH]2)CCCC3)=NO1. The van der Waals surface area contributed by atoms with Crippen LogP contribution in [-0.2, 0) is 22.5 Å². The van der Waals surface area contributed by atoms with Gasteiger partial charge in [-0.05, 0) is 37.3 Å². The van der Waals surface area contributed by atoms with E-state index in [4.69, 9.17) is 0 Å². The van der Waals surface area contributed by atoms with Crippen LogP contribution in [0.4, 0.5) is 0 Å². The molecule has 0 saturated heterocycles. The normalized spacial score (nSPS) is 19.7. The van der Waals surface area contributed by atoms with Crippen molar-refractivity contribution in [1.82, 2.24) is 4.98 Å². The first-order chi connectivity index (χ1) is 7.33. The van der Waals surface area contributed by atoms with Crippen molar-refractivity contribution in [1.29, 1.82) is 0 Å². The molecule has 3 rings (SSSR count). The molecule has 15 heavy (non-hydrogen) atoms. The third kappa shape index (κ3) is 1.46. The highest BCUT2D eigenvalue weighted by atomic mass is 16.7. The first-order valence-corrected chi connectivity index (χ1v) is 5.31. The van der Waals surface area contributed by atoms with E-state index in [1.165, 1.54) is 24.1 Å². The molecule has 0 bridgehead atoms. The van der Waals surface area contributed by atoms with E-state index in [1.54, 1.807) is 0 Å². The van der Waals surface area contributed by atoms with E-state index in [9.17, 15) is 4.79 Å². The lowest BCUT2D eigenvalue weighted by Crippen LogP contribution is -2.01. The van der Waals surface area contributed by atoms with Crippen LogP contribution in [0.5, 0.6) is 0 Å². The monoisotopic (exact) mass is 204 g/mol. The first-order valence-electron chi connectivity index (χ1n) is 5.31. The first kappa shape index (κ1) is 8.71. The molecule has 0 fully saturated rings. The number of nitrogens with one attached hydrogen (secondary N) is 1. The molecule has 0 spiro atoms. The molecule has 4 heteroatoms. The lowest BCUT2D eigenvalue weighted by atomic mass is 9.98. The zero-order valence-electron chi connectivity index (χ0n) is 8.38. The summed E-state index contributed by atoms with van der Waals surface area (Å²) in [6.07, 6.45) is 5.03. The molecule has 2 heterocycles. The zero-order valence-corrected chi connectivity index (χ0v) is 8.38. The number of carbonyl (C=O) groups excluding carboxylic acids is 1. The van der Waals surface area contributed by atoms with Gasteiger partial charge < -0.3 is 9.82 Å². The minimum absolute atomic E-state index is 0.266. The fourth-order valence-electron chi connectivity index (χ4n) is 2.21. The molecule has 0 aromatic carbocycles. The summed E-state index contributed by atoms with van der Waals surface area (Å²) in [5.74, 6) is -0.266. The Morgan fingerprint density at radius 3 is 2.93 bits per heavy atom. The number of aromatic amines is 1. The summed E-state index contributed by atoms with van der Waals surface area (Å²) in [6.45, 7) is 0. The molecule has 1 aromatic heterocycles. The molecule has 4 nitrogen and oxygen atoms in total. The Morgan fingerprint density at radius 2 is 2.20 bits per heavy atom. The predicted molar refractivity (Wildman–Crippen MR) is 54.7 cm³/mol. The number of carbonyl (C=O) groups is 1. The zero-order chi connectivity index (χ0) is 10.3. The van der Waals surface area contributed by atoms with E-state index >= 15 is 0 Å². The maximum Gasteiger partial charge on any atom is 0.341 e. The largest absolute Gasteiger partial charge is 0.357 e. The van der Waals surface area contributed by atoms with Crippen molar-refractivity contribution in [2.75, 3.05) is 0 Å². The van der Waals surface area contributed by atoms with Crippen molar-refractivity contribution in [2.24, 2.45) is 5.16 Å². The van der Waals surface area contributed by atoms with Gasteiger partial charge in [0.2, 0.25) is 0 Å². The Bertz CT molecular complexity index is 422. The predicted octanol–water partition coefficient (Wildman–Crippen LogP) is 1.54. The van der Waals surface area contributed by atoms with E-state index in [0.29, 0.717) is 6.42 Å². The van der Waals surface area contributed by atoms with Gasteiger partial charge in [0.1, 0.15) is 5.71 Å². The molecule has 2 aliphatic rings. The van der Waals surface area contributed by atoms with Crippen LogP contribution in [-0.4, -0.2) is 16.7 Å². The van der Waals surface area contributed by atoms with Crippen molar-refractivity contribution < 1.29 is 9.63 Å². The molecule has 0 unspecified atom stereocenters. The molecule has 78 valence electrons. The summed E-state index contributed by atoms with van der Waals surface area (Å²) in [5, 5.41) is 3.77. The summed E-state index contributed by atoms with van der Waals surface area (Å²) in [4.78, 5) is 18.8. The third-order valence-electron chi connectivity index (χ3n) is 2.99. The molecule has 0 atom stereocenters. The van der Waals surface area contributed by atoms with Crippen LogP contribution in [0, 0.1) is 0 Å². The van der Waals surface area contributed by atoms with Crippen LogP contribution in [0.3, 0.4) is 0 Å². The summed E-state index contributed by atoms with van der Waals surface area (Å²) < 4.78 is 0. The van der Waals surface area contributed by atoms with Gasteiger partial charge in [-0.1, -0.05) is 5.16 Å². The van der Waals surface area contributed by atoms with Crippen molar-refractivity contribution in [3.8, 4) is 0 Å². The Balaban J connectivity index is 1.93. The maximum absolute atomic E-state index is 10.9. The number of hydrogen-bond donors (Lipinski definition) is 1. The topological polar surface area (TPSA) is 54.5 Å². The second-order valence-corrected chi connectivity index (χ2v) is 4.07. The number of aromatic nitrogens is 1. The molecule has 1 aliphatic heterocycles. The van der Waals surface area contributed by atoms with Crippen LogP contribution in [0.15, 0.2) is 11.2 Å². The molecular weight excluding hydrogens is 192 g/mol. The quantitative estimate of drug-likeness (QED) is 0.705. The van der Waals surface area contributed by atoms with Crippen molar-refractivity contribution in [3.05, 3.63) is 23.0 Å². The van der Waals surface area contributed by atoms with E-state index in [1.807, 2.05) is 0 Å². The minimum atomic E-state index is -0.266. The molecule has 1 aromatic rings. The molecule has 1 N–H and O–H groups in total.